The van der Waals surface area contributed by atoms with Crippen LogP contribution in [0.5, 0.6) is 5.75 Å². The summed E-state index contributed by atoms with van der Waals surface area (Å²) < 4.78 is 15.7. The van der Waals surface area contributed by atoms with Gasteiger partial charge in [0.05, 0.1) is 17.4 Å². The fourth-order valence-corrected chi connectivity index (χ4v) is 6.24. The summed E-state index contributed by atoms with van der Waals surface area (Å²) in [4.78, 5) is 19.8. The molecule has 3 aliphatic rings. The van der Waals surface area contributed by atoms with Crippen LogP contribution in [-0.4, -0.2) is 60.8 Å². The number of hydrogen-bond acceptors (Lipinski definition) is 7. The van der Waals surface area contributed by atoms with Crippen LogP contribution >= 0.6 is 0 Å². The van der Waals surface area contributed by atoms with E-state index in [2.05, 4.69) is 41.2 Å². The number of piperidine rings is 1. The third-order valence-corrected chi connectivity index (χ3v) is 8.62. The number of aliphatic carboxylic acids is 1. The van der Waals surface area contributed by atoms with E-state index in [1.165, 1.54) is 0 Å². The SMILES string of the molecule is Cc1nc2cc3nn2c(c1[C@H](OC(C)(C)C)C(=O)O)N1CCC(C)(CC/C=C\COc2cccc(c2)Cc2cnn-3c2)CC1. The van der Waals surface area contributed by atoms with Crippen molar-refractivity contribution in [1.82, 2.24) is 24.4 Å². The molecular weight excluding hydrogens is 556 g/mol. The maximum atomic E-state index is 12.7. The molecule has 1 atom stereocenters. The van der Waals surface area contributed by atoms with Crippen molar-refractivity contribution in [1.29, 1.82) is 0 Å². The van der Waals surface area contributed by atoms with E-state index >= 15 is 0 Å². The number of rotatable bonds is 3. The van der Waals surface area contributed by atoms with E-state index < -0.39 is 17.7 Å². The van der Waals surface area contributed by atoms with Crippen LogP contribution in [0.15, 0.2) is 54.9 Å². The molecule has 1 fully saturated rings. The monoisotopic (exact) mass is 598 g/mol. The van der Waals surface area contributed by atoms with Crippen LogP contribution < -0.4 is 9.64 Å². The average molecular weight is 599 g/mol. The van der Waals surface area contributed by atoms with Crippen LogP contribution in [0.1, 0.15) is 81.9 Å². The molecule has 0 spiro atoms. The number of aryl methyl sites for hydroxylation is 1. The predicted molar refractivity (Wildman–Crippen MR) is 169 cm³/mol. The Bertz CT molecular complexity index is 1690. The van der Waals surface area contributed by atoms with Crippen molar-refractivity contribution >= 4 is 17.4 Å². The Morgan fingerprint density at radius 1 is 1.11 bits per heavy atom. The summed E-state index contributed by atoms with van der Waals surface area (Å²) in [6.45, 7) is 11.9. The summed E-state index contributed by atoms with van der Waals surface area (Å²) in [7, 11) is 0. The molecule has 4 aromatic rings. The van der Waals surface area contributed by atoms with Crippen LogP contribution in [-0.2, 0) is 16.0 Å². The molecule has 0 aliphatic carbocycles. The Balaban J connectivity index is 1.47. The van der Waals surface area contributed by atoms with Crippen LogP contribution in [0.3, 0.4) is 0 Å². The van der Waals surface area contributed by atoms with Gasteiger partial charge in [-0.25, -0.2) is 14.5 Å². The first-order valence-corrected chi connectivity index (χ1v) is 15.4. The molecule has 3 aromatic heterocycles. The normalized spacial score (nSPS) is 18.5. The molecule has 10 nitrogen and oxygen atoms in total. The molecule has 1 N–H and O–H groups in total. The van der Waals surface area contributed by atoms with Gasteiger partial charge in [0.25, 0.3) is 0 Å². The fraction of sp³-hybridized carbons (Fsp3) is 0.471. The summed E-state index contributed by atoms with van der Waals surface area (Å²) in [5.74, 6) is 1.14. The Morgan fingerprint density at radius 2 is 1.91 bits per heavy atom. The number of carboxylic acid groups (broad SMARTS) is 1. The minimum Gasteiger partial charge on any atom is -0.490 e. The maximum Gasteiger partial charge on any atom is 0.337 e. The van der Waals surface area contributed by atoms with Gasteiger partial charge >= 0.3 is 5.97 Å². The molecule has 6 heterocycles. The highest BCUT2D eigenvalue weighted by atomic mass is 16.5. The van der Waals surface area contributed by atoms with Crippen LogP contribution in [0.25, 0.3) is 11.5 Å². The first-order chi connectivity index (χ1) is 21.0. The van der Waals surface area contributed by atoms with Gasteiger partial charge in [0.1, 0.15) is 18.2 Å². The molecule has 0 amide bonds. The molecule has 1 saturated heterocycles. The number of benzene rings is 1. The lowest BCUT2D eigenvalue weighted by Gasteiger charge is -2.41. The topological polar surface area (TPSA) is 107 Å². The van der Waals surface area contributed by atoms with Crippen molar-refractivity contribution in [3.63, 3.8) is 0 Å². The van der Waals surface area contributed by atoms with Crippen molar-refractivity contribution in [2.75, 3.05) is 24.6 Å². The number of aromatic nitrogens is 5. The van der Waals surface area contributed by atoms with Gasteiger partial charge in [0, 0.05) is 37.5 Å². The van der Waals surface area contributed by atoms with Gasteiger partial charge in [-0.05, 0) is 82.1 Å². The van der Waals surface area contributed by atoms with Gasteiger partial charge in [-0.1, -0.05) is 31.2 Å². The molecule has 1 aromatic carbocycles. The average Bonchev–Trinajstić information content (AvgIpc) is 3.60. The van der Waals surface area contributed by atoms with E-state index in [1.807, 2.05) is 58.3 Å². The van der Waals surface area contributed by atoms with Crippen molar-refractivity contribution in [3.8, 4) is 11.6 Å². The molecule has 0 unspecified atom stereocenters. The van der Waals surface area contributed by atoms with E-state index in [9.17, 15) is 9.90 Å². The first kappa shape index (κ1) is 29.9. The Morgan fingerprint density at radius 3 is 2.66 bits per heavy atom. The zero-order valence-corrected chi connectivity index (χ0v) is 26.3. The highest BCUT2D eigenvalue weighted by Crippen LogP contribution is 2.41. The number of allylic oxidation sites excluding steroid dienone is 1. The first-order valence-electron chi connectivity index (χ1n) is 15.4. The number of anilines is 1. The van der Waals surface area contributed by atoms with E-state index in [0.717, 1.165) is 61.5 Å². The number of carboxylic acids is 1. The third-order valence-electron chi connectivity index (χ3n) is 8.62. The number of fused-ring (bicyclic) bond motifs is 6. The number of hydrogen-bond donors (Lipinski definition) is 1. The smallest absolute Gasteiger partial charge is 0.337 e. The maximum absolute atomic E-state index is 12.7. The Labute approximate surface area is 258 Å². The number of ether oxygens (including phenoxy) is 2. The minimum atomic E-state index is -1.20. The highest BCUT2D eigenvalue weighted by molar-refractivity contribution is 5.78. The molecule has 10 heteroatoms. The van der Waals surface area contributed by atoms with E-state index in [1.54, 1.807) is 9.20 Å². The fourth-order valence-electron chi connectivity index (χ4n) is 6.24. The molecule has 7 rings (SSSR count). The van der Waals surface area contributed by atoms with Crippen molar-refractivity contribution in [2.24, 2.45) is 5.41 Å². The summed E-state index contributed by atoms with van der Waals surface area (Å²) in [5, 5.41) is 20.0. The summed E-state index contributed by atoms with van der Waals surface area (Å²) in [6.07, 6.45) is 11.7. The lowest BCUT2D eigenvalue weighted by Crippen LogP contribution is -2.41. The number of carbonyl (C=O) groups is 1. The summed E-state index contributed by atoms with van der Waals surface area (Å²) in [6, 6.07) is 10.1. The van der Waals surface area contributed by atoms with Crippen molar-refractivity contribution < 1.29 is 19.4 Å². The predicted octanol–water partition coefficient (Wildman–Crippen LogP) is 6.09. The molecule has 232 valence electrons. The third kappa shape index (κ3) is 6.36. The molecule has 8 bridgehead atoms. The highest BCUT2D eigenvalue weighted by Gasteiger charge is 2.37. The van der Waals surface area contributed by atoms with Gasteiger partial charge in [0.15, 0.2) is 17.6 Å². The van der Waals surface area contributed by atoms with E-state index in [0.29, 0.717) is 35.8 Å². The van der Waals surface area contributed by atoms with Gasteiger partial charge in [0.2, 0.25) is 0 Å². The van der Waals surface area contributed by atoms with Gasteiger partial charge < -0.3 is 19.5 Å². The van der Waals surface area contributed by atoms with Crippen LogP contribution in [0.2, 0.25) is 0 Å². The molecule has 0 radical (unpaired) electrons. The lowest BCUT2D eigenvalue weighted by molar-refractivity contribution is -0.160. The molecule has 0 saturated carbocycles. The second kappa shape index (κ2) is 11.7. The van der Waals surface area contributed by atoms with Gasteiger partial charge in [-0.3, -0.25) is 0 Å². The lowest BCUT2D eigenvalue weighted by atomic mass is 9.76. The number of nitrogens with zero attached hydrogens (tertiary/aromatic N) is 6. The van der Waals surface area contributed by atoms with Gasteiger partial charge in [-0.15, -0.1) is 5.10 Å². The molecule has 3 aliphatic heterocycles. The van der Waals surface area contributed by atoms with Crippen molar-refractivity contribution in [3.05, 3.63) is 77.3 Å². The summed E-state index contributed by atoms with van der Waals surface area (Å²) in [5.41, 5.74) is 3.46. The second-order valence-corrected chi connectivity index (χ2v) is 13.4. The van der Waals surface area contributed by atoms with Crippen molar-refractivity contribution in [2.45, 2.75) is 78.4 Å². The van der Waals surface area contributed by atoms with Crippen LogP contribution in [0.4, 0.5) is 5.82 Å². The second-order valence-electron chi connectivity index (χ2n) is 13.4. The van der Waals surface area contributed by atoms with Gasteiger partial charge in [-0.2, -0.15) is 9.61 Å². The van der Waals surface area contributed by atoms with E-state index in [4.69, 9.17) is 19.6 Å². The zero-order chi connectivity index (χ0) is 31.1. The van der Waals surface area contributed by atoms with E-state index in [-0.39, 0.29) is 5.41 Å². The molecule has 44 heavy (non-hydrogen) atoms. The minimum absolute atomic E-state index is 0.172. The molecular formula is C34H42N6O4. The Kier molecular flexibility index (Phi) is 7.96. The quantitative estimate of drug-likeness (QED) is 0.283. The summed E-state index contributed by atoms with van der Waals surface area (Å²) >= 11 is 0. The largest absolute Gasteiger partial charge is 0.490 e. The van der Waals surface area contributed by atoms with Crippen LogP contribution in [0, 0.1) is 12.3 Å². The zero-order valence-electron chi connectivity index (χ0n) is 26.3. The Hall–Kier alpha value is -4.18. The standard InChI is InChI=1S/C34H42N6O4/c1-23-29(30(32(41)42)44-33(2,3)4)31-38-15-13-34(5,14-16-38)12-7-6-8-17-43-26-11-9-10-24(19-26)18-25-21-35-39(22-25)28-20-27(36-23)40(31)37-28/h6,8-11,19-22,30H,7,12-18H2,1-5H3,(H,41,42)/b8-6-/t30-/m0/s1.